The maximum Gasteiger partial charge on any atom is 0.293 e. The highest BCUT2D eigenvalue weighted by Gasteiger charge is 2.32. The summed E-state index contributed by atoms with van der Waals surface area (Å²) in [6, 6.07) is 0. The Labute approximate surface area is 126 Å². The zero-order valence-electron chi connectivity index (χ0n) is 12.2. The summed E-state index contributed by atoms with van der Waals surface area (Å²) < 4.78 is 65.0. The summed E-state index contributed by atoms with van der Waals surface area (Å²) in [6.07, 6.45) is -5.90. The second kappa shape index (κ2) is 9.96. The van der Waals surface area contributed by atoms with Crippen molar-refractivity contribution in [2.45, 2.75) is 31.3 Å². The molecule has 0 N–H and O–H groups in total. The van der Waals surface area contributed by atoms with Crippen molar-refractivity contribution in [1.29, 1.82) is 0 Å². The molecule has 0 radical (unpaired) electrons. The minimum Gasteiger partial charge on any atom is -0.461 e. The molecule has 9 heteroatoms. The van der Waals surface area contributed by atoms with E-state index in [-0.39, 0.29) is 19.7 Å². The smallest absolute Gasteiger partial charge is 0.293 e. The van der Waals surface area contributed by atoms with Crippen LogP contribution in [0, 0.1) is 0 Å². The third-order valence-corrected chi connectivity index (χ3v) is 3.18. The third kappa shape index (κ3) is 8.50. The zero-order valence-corrected chi connectivity index (χ0v) is 12.2. The van der Waals surface area contributed by atoms with E-state index >= 15 is 0 Å². The lowest BCUT2D eigenvalue weighted by atomic mass is 10.2. The van der Waals surface area contributed by atoms with Crippen LogP contribution in [-0.4, -0.2) is 75.9 Å². The van der Waals surface area contributed by atoms with Crippen LogP contribution in [0.1, 0.15) is 12.8 Å². The molecule has 0 spiro atoms. The van der Waals surface area contributed by atoms with Gasteiger partial charge < -0.3 is 14.2 Å². The summed E-state index contributed by atoms with van der Waals surface area (Å²) in [6.45, 7) is 2.79. The number of ether oxygens (including phenoxy) is 3. The van der Waals surface area contributed by atoms with Crippen LogP contribution in [0.4, 0.5) is 17.6 Å². The van der Waals surface area contributed by atoms with E-state index in [0.717, 1.165) is 0 Å². The van der Waals surface area contributed by atoms with E-state index in [2.05, 4.69) is 0 Å². The molecule has 1 aliphatic heterocycles. The molecule has 1 saturated heterocycles. The van der Waals surface area contributed by atoms with Crippen LogP contribution in [0.25, 0.3) is 0 Å². The lowest BCUT2D eigenvalue weighted by Crippen LogP contribution is -2.43. The third-order valence-electron chi connectivity index (χ3n) is 3.18. The van der Waals surface area contributed by atoms with Gasteiger partial charge in [0.05, 0.1) is 32.8 Å². The summed E-state index contributed by atoms with van der Waals surface area (Å²) in [5.74, 6) is -3.46. The van der Waals surface area contributed by atoms with Crippen molar-refractivity contribution in [2.24, 2.45) is 0 Å². The monoisotopic (exact) mass is 331 g/mol. The van der Waals surface area contributed by atoms with E-state index < -0.39 is 31.3 Å². The van der Waals surface area contributed by atoms with Gasteiger partial charge in [0, 0.05) is 26.1 Å². The molecule has 0 aromatic rings. The lowest BCUT2D eigenvalue weighted by Gasteiger charge is -2.29. The van der Waals surface area contributed by atoms with Crippen LogP contribution >= 0.6 is 0 Å². The van der Waals surface area contributed by atoms with Gasteiger partial charge in [0.15, 0.2) is 0 Å². The van der Waals surface area contributed by atoms with Crippen molar-refractivity contribution in [3.8, 4) is 0 Å². The number of halogens is 4. The Bertz CT molecular complexity index is 314. The van der Waals surface area contributed by atoms with Crippen LogP contribution in [0.15, 0.2) is 0 Å². The molecular weight excluding hydrogens is 310 g/mol. The molecule has 0 aliphatic carbocycles. The topological polar surface area (TPSA) is 48.0 Å². The molecule has 1 unspecified atom stereocenters. The van der Waals surface area contributed by atoms with Gasteiger partial charge in [0.1, 0.15) is 6.10 Å². The molecule has 130 valence electrons. The van der Waals surface area contributed by atoms with Crippen molar-refractivity contribution in [3.05, 3.63) is 0 Å². The first kappa shape index (κ1) is 19.1. The fraction of sp³-hybridized carbons (Fsp3) is 0.923. The number of carbonyl (C=O) groups excluding carboxylic acids is 1. The second-order valence-electron chi connectivity index (χ2n) is 5.04. The number of hydrogen-bond acceptors (Lipinski definition) is 5. The van der Waals surface area contributed by atoms with Crippen LogP contribution < -0.4 is 0 Å². The van der Waals surface area contributed by atoms with Gasteiger partial charge in [-0.05, 0) is 0 Å². The van der Waals surface area contributed by atoms with Gasteiger partial charge in [-0.25, -0.2) is 17.6 Å². The molecular formula is C13H21F4NO4. The molecule has 1 aliphatic rings. The number of nitrogens with zero attached hydrogens (tertiary/aromatic N) is 1. The molecule has 22 heavy (non-hydrogen) atoms. The molecule has 0 bridgehead atoms. The second-order valence-corrected chi connectivity index (χ2v) is 5.04. The summed E-state index contributed by atoms with van der Waals surface area (Å²) in [5, 5.41) is 0. The molecule has 0 amide bonds. The summed E-state index contributed by atoms with van der Waals surface area (Å²) in [7, 11) is 0. The van der Waals surface area contributed by atoms with E-state index in [1.54, 1.807) is 0 Å². The van der Waals surface area contributed by atoms with Gasteiger partial charge >= 0.3 is 0 Å². The summed E-state index contributed by atoms with van der Waals surface area (Å²) in [4.78, 5) is 12.5. The van der Waals surface area contributed by atoms with Gasteiger partial charge in [-0.2, -0.15) is 0 Å². The largest absolute Gasteiger partial charge is 0.461 e. The Morgan fingerprint density at radius 1 is 1.27 bits per heavy atom. The first-order chi connectivity index (χ1) is 10.4. The van der Waals surface area contributed by atoms with Crippen LogP contribution in [-0.2, 0) is 19.0 Å². The summed E-state index contributed by atoms with van der Waals surface area (Å²) in [5.41, 5.74) is 0. The van der Waals surface area contributed by atoms with E-state index in [0.29, 0.717) is 32.8 Å². The van der Waals surface area contributed by atoms with Crippen LogP contribution in [0.3, 0.4) is 0 Å². The maximum absolute atomic E-state index is 13.1. The SMILES string of the molecule is O=COC(COCCC(F)(F)CC(F)F)CN1CCOCC1. The Morgan fingerprint density at radius 3 is 2.55 bits per heavy atom. The molecule has 1 atom stereocenters. The molecule has 0 aromatic carbocycles. The van der Waals surface area contributed by atoms with Gasteiger partial charge in [-0.1, -0.05) is 0 Å². The molecule has 1 heterocycles. The minimum absolute atomic E-state index is 0.0547. The van der Waals surface area contributed by atoms with Gasteiger partial charge in [-0.3, -0.25) is 9.69 Å². The minimum atomic E-state index is -3.46. The molecule has 0 saturated carbocycles. The molecule has 5 nitrogen and oxygen atoms in total. The fourth-order valence-electron chi connectivity index (χ4n) is 2.05. The Hall–Kier alpha value is -0.930. The normalized spacial score (nSPS) is 18.4. The van der Waals surface area contributed by atoms with Crippen LogP contribution in [0.2, 0.25) is 0 Å². The highest BCUT2D eigenvalue weighted by Crippen LogP contribution is 2.26. The number of morpholine rings is 1. The average Bonchev–Trinajstić information content (AvgIpc) is 2.43. The first-order valence-corrected chi connectivity index (χ1v) is 7.06. The van der Waals surface area contributed by atoms with E-state index in [1.807, 2.05) is 4.90 Å². The number of alkyl halides is 4. The standard InChI is InChI=1S/C13H21F4NO4/c14-12(15)7-13(16,17)1-4-21-9-11(22-10-19)8-18-2-5-20-6-3-18/h10-12H,1-9H2. The van der Waals surface area contributed by atoms with Crippen molar-refractivity contribution in [1.82, 2.24) is 4.90 Å². The highest BCUT2D eigenvalue weighted by atomic mass is 19.3. The van der Waals surface area contributed by atoms with E-state index in [9.17, 15) is 22.4 Å². The maximum atomic E-state index is 13.1. The van der Waals surface area contributed by atoms with Crippen molar-refractivity contribution in [3.63, 3.8) is 0 Å². The quantitative estimate of drug-likeness (QED) is 0.327. The highest BCUT2D eigenvalue weighted by molar-refractivity contribution is 5.37. The lowest BCUT2D eigenvalue weighted by molar-refractivity contribution is -0.139. The first-order valence-electron chi connectivity index (χ1n) is 7.06. The summed E-state index contributed by atoms with van der Waals surface area (Å²) >= 11 is 0. The van der Waals surface area contributed by atoms with E-state index in [4.69, 9.17) is 14.2 Å². The van der Waals surface area contributed by atoms with E-state index in [1.165, 1.54) is 0 Å². The Morgan fingerprint density at radius 2 is 1.95 bits per heavy atom. The Kier molecular flexibility index (Phi) is 8.66. The van der Waals surface area contributed by atoms with Gasteiger partial charge in [0.25, 0.3) is 12.4 Å². The van der Waals surface area contributed by atoms with Gasteiger partial charge in [0.2, 0.25) is 6.43 Å². The number of carbonyl (C=O) groups is 1. The van der Waals surface area contributed by atoms with Crippen molar-refractivity contribution in [2.75, 3.05) is 46.1 Å². The predicted molar refractivity (Wildman–Crippen MR) is 69.2 cm³/mol. The Balaban J connectivity index is 2.24. The fourth-order valence-corrected chi connectivity index (χ4v) is 2.05. The molecule has 0 aromatic heterocycles. The number of hydrogen-bond donors (Lipinski definition) is 0. The van der Waals surface area contributed by atoms with Crippen LogP contribution in [0.5, 0.6) is 0 Å². The van der Waals surface area contributed by atoms with Crippen molar-refractivity contribution < 1.29 is 36.6 Å². The average molecular weight is 331 g/mol. The predicted octanol–water partition coefficient (Wildman–Crippen LogP) is 1.56. The van der Waals surface area contributed by atoms with Gasteiger partial charge in [-0.15, -0.1) is 0 Å². The molecule has 1 fully saturated rings. The molecule has 1 rings (SSSR count). The number of rotatable bonds is 11. The van der Waals surface area contributed by atoms with Crippen molar-refractivity contribution >= 4 is 6.47 Å². The zero-order chi connectivity index (χ0) is 16.4.